The van der Waals surface area contributed by atoms with E-state index in [1.165, 1.54) is 6.20 Å². The van der Waals surface area contributed by atoms with Gasteiger partial charge in [-0.15, -0.1) is 0 Å². The molecule has 0 spiro atoms. The molecule has 1 aromatic heterocycles. The fourth-order valence-electron chi connectivity index (χ4n) is 0.777. The average molecular weight is 198 g/mol. The lowest BCUT2D eigenvalue weighted by Crippen LogP contribution is -2.36. The monoisotopic (exact) mass is 198 g/mol. The maximum absolute atomic E-state index is 11.4. The summed E-state index contributed by atoms with van der Waals surface area (Å²) in [6, 6.07) is 0. The predicted molar refractivity (Wildman–Crippen MR) is 49.6 cm³/mol. The number of nitrogens with one attached hydrogen (secondary N) is 2. The van der Waals surface area contributed by atoms with E-state index < -0.39 is 0 Å². The fourth-order valence-corrected chi connectivity index (χ4v) is 0.777. The molecule has 0 aromatic carbocycles. The van der Waals surface area contributed by atoms with Crippen molar-refractivity contribution in [3.63, 3.8) is 0 Å². The maximum atomic E-state index is 11.4. The molecule has 1 heterocycles. The standard InChI is InChI=1S/C8H14N4O2/c1-8(2,5-13)4-9-7(14)6-3-10-12-11-6/h3,13H,4-5H2,1-2H3,(H,9,14)(H,10,11,12). The SMILES string of the molecule is CC(C)(CO)CNC(=O)c1cn[nH]n1. The molecule has 1 rings (SSSR count). The minimum atomic E-state index is -0.320. The Hall–Kier alpha value is -1.43. The van der Waals surface area contributed by atoms with Crippen LogP contribution >= 0.6 is 0 Å². The van der Waals surface area contributed by atoms with E-state index in [0.717, 1.165) is 0 Å². The van der Waals surface area contributed by atoms with Gasteiger partial charge < -0.3 is 10.4 Å². The normalized spacial score (nSPS) is 11.4. The van der Waals surface area contributed by atoms with Crippen LogP contribution in [0.4, 0.5) is 0 Å². The van der Waals surface area contributed by atoms with Crippen LogP contribution in [-0.2, 0) is 0 Å². The van der Waals surface area contributed by atoms with Gasteiger partial charge in [0.25, 0.3) is 5.91 Å². The first-order chi connectivity index (χ1) is 6.55. The smallest absolute Gasteiger partial charge is 0.273 e. The number of H-pyrrole nitrogens is 1. The first-order valence-corrected chi connectivity index (χ1v) is 4.30. The molecular weight excluding hydrogens is 184 g/mol. The Morgan fingerprint density at radius 3 is 2.93 bits per heavy atom. The minimum absolute atomic E-state index is 0.0199. The van der Waals surface area contributed by atoms with E-state index in [4.69, 9.17) is 5.11 Å². The van der Waals surface area contributed by atoms with Crippen LogP contribution in [0.3, 0.4) is 0 Å². The molecule has 0 bridgehead atoms. The Morgan fingerprint density at radius 2 is 2.43 bits per heavy atom. The number of aliphatic hydroxyl groups excluding tert-OH is 1. The summed E-state index contributed by atoms with van der Waals surface area (Å²) in [6.45, 7) is 4.13. The summed E-state index contributed by atoms with van der Waals surface area (Å²) in [5.74, 6) is -0.291. The molecule has 0 atom stereocenters. The van der Waals surface area contributed by atoms with Crippen LogP contribution in [0.25, 0.3) is 0 Å². The highest BCUT2D eigenvalue weighted by atomic mass is 16.3. The molecule has 0 saturated heterocycles. The summed E-state index contributed by atoms with van der Waals surface area (Å²) < 4.78 is 0. The second-order valence-electron chi connectivity index (χ2n) is 3.86. The number of rotatable bonds is 4. The van der Waals surface area contributed by atoms with Gasteiger partial charge >= 0.3 is 0 Å². The van der Waals surface area contributed by atoms with Gasteiger partial charge in [-0.25, -0.2) is 0 Å². The van der Waals surface area contributed by atoms with E-state index in [1.807, 2.05) is 13.8 Å². The molecule has 0 fully saturated rings. The number of carbonyl (C=O) groups excluding carboxylic acids is 1. The summed E-state index contributed by atoms with van der Waals surface area (Å²) in [5.41, 5.74) is -0.0712. The lowest BCUT2D eigenvalue weighted by atomic mass is 9.95. The molecular formula is C8H14N4O2. The highest BCUT2D eigenvalue weighted by molar-refractivity contribution is 5.91. The number of nitrogens with zero attached hydrogens (tertiary/aromatic N) is 2. The molecule has 14 heavy (non-hydrogen) atoms. The molecule has 1 amide bonds. The first-order valence-electron chi connectivity index (χ1n) is 4.30. The molecule has 0 aliphatic heterocycles. The van der Waals surface area contributed by atoms with Gasteiger partial charge in [-0.05, 0) is 0 Å². The van der Waals surface area contributed by atoms with Crippen LogP contribution < -0.4 is 5.32 Å². The summed E-state index contributed by atoms with van der Waals surface area (Å²) in [4.78, 5) is 11.4. The molecule has 1 aromatic rings. The lowest BCUT2D eigenvalue weighted by molar-refractivity contribution is 0.0906. The van der Waals surface area contributed by atoms with Gasteiger partial charge in [0.1, 0.15) is 0 Å². The van der Waals surface area contributed by atoms with Crippen LogP contribution in [0, 0.1) is 5.41 Å². The zero-order valence-corrected chi connectivity index (χ0v) is 8.24. The number of amides is 1. The van der Waals surface area contributed by atoms with E-state index in [9.17, 15) is 4.79 Å². The van der Waals surface area contributed by atoms with Crippen molar-refractivity contribution in [3.8, 4) is 0 Å². The van der Waals surface area contributed by atoms with Gasteiger partial charge in [-0.2, -0.15) is 15.4 Å². The van der Waals surface area contributed by atoms with Crippen LogP contribution in [0.5, 0.6) is 0 Å². The number of hydrogen-bond donors (Lipinski definition) is 3. The van der Waals surface area contributed by atoms with Crippen molar-refractivity contribution in [2.24, 2.45) is 5.41 Å². The van der Waals surface area contributed by atoms with Gasteiger partial charge in [-0.3, -0.25) is 4.79 Å². The van der Waals surface area contributed by atoms with Crippen molar-refractivity contribution < 1.29 is 9.90 Å². The Labute approximate surface area is 81.7 Å². The zero-order valence-electron chi connectivity index (χ0n) is 8.24. The van der Waals surface area contributed by atoms with E-state index in [1.54, 1.807) is 0 Å². The van der Waals surface area contributed by atoms with E-state index in [-0.39, 0.29) is 23.6 Å². The van der Waals surface area contributed by atoms with Crippen molar-refractivity contribution in [1.82, 2.24) is 20.7 Å². The summed E-state index contributed by atoms with van der Waals surface area (Å²) in [6.07, 6.45) is 1.35. The number of aliphatic hydroxyl groups is 1. The van der Waals surface area contributed by atoms with Crippen molar-refractivity contribution >= 4 is 5.91 Å². The van der Waals surface area contributed by atoms with Crippen LogP contribution in [0.15, 0.2) is 6.20 Å². The molecule has 0 aliphatic rings. The largest absolute Gasteiger partial charge is 0.396 e. The number of aromatic amines is 1. The zero-order chi connectivity index (χ0) is 10.6. The van der Waals surface area contributed by atoms with Gasteiger partial charge in [-0.1, -0.05) is 13.8 Å². The molecule has 6 heteroatoms. The molecule has 0 saturated carbocycles. The molecule has 0 radical (unpaired) electrons. The average Bonchev–Trinajstić information content (AvgIpc) is 2.67. The number of aromatic nitrogens is 3. The fraction of sp³-hybridized carbons (Fsp3) is 0.625. The molecule has 3 N–H and O–H groups in total. The second kappa shape index (κ2) is 4.19. The molecule has 0 aliphatic carbocycles. The van der Waals surface area contributed by atoms with Crippen molar-refractivity contribution in [1.29, 1.82) is 0 Å². The minimum Gasteiger partial charge on any atom is -0.396 e. The third-order valence-electron chi connectivity index (χ3n) is 1.80. The van der Waals surface area contributed by atoms with Gasteiger partial charge in [0.15, 0.2) is 5.69 Å². The maximum Gasteiger partial charge on any atom is 0.273 e. The van der Waals surface area contributed by atoms with Crippen LogP contribution in [-0.4, -0.2) is 39.6 Å². The molecule has 78 valence electrons. The number of carbonyl (C=O) groups is 1. The van der Waals surface area contributed by atoms with Crippen molar-refractivity contribution in [2.45, 2.75) is 13.8 Å². The Balaban J connectivity index is 2.43. The van der Waals surface area contributed by atoms with Crippen LogP contribution in [0.1, 0.15) is 24.3 Å². The predicted octanol–water partition coefficient (Wildman–Crippen LogP) is -0.447. The van der Waals surface area contributed by atoms with E-state index in [0.29, 0.717) is 6.54 Å². The Morgan fingerprint density at radius 1 is 1.71 bits per heavy atom. The van der Waals surface area contributed by atoms with Gasteiger partial charge in [0, 0.05) is 18.6 Å². The quantitative estimate of drug-likeness (QED) is 0.611. The Kier molecular flexibility index (Phi) is 3.19. The third kappa shape index (κ3) is 2.81. The second-order valence-corrected chi connectivity index (χ2v) is 3.86. The Bertz CT molecular complexity index is 294. The third-order valence-corrected chi connectivity index (χ3v) is 1.80. The lowest BCUT2D eigenvalue weighted by Gasteiger charge is -2.21. The van der Waals surface area contributed by atoms with Crippen molar-refractivity contribution in [3.05, 3.63) is 11.9 Å². The van der Waals surface area contributed by atoms with E-state index >= 15 is 0 Å². The highest BCUT2D eigenvalue weighted by Crippen LogP contribution is 2.11. The van der Waals surface area contributed by atoms with Crippen molar-refractivity contribution in [2.75, 3.05) is 13.2 Å². The molecule has 6 nitrogen and oxygen atoms in total. The summed E-state index contributed by atoms with van der Waals surface area (Å²) in [5, 5.41) is 21.1. The highest BCUT2D eigenvalue weighted by Gasteiger charge is 2.18. The summed E-state index contributed by atoms with van der Waals surface area (Å²) in [7, 11) is 0. The number of hydrogen-bond acceptors (Lipinski definition) is 4. The van der Waals surface area contributed by atoms with Gasteiger partial charge in [0.2, 0.25) is 0 Å². The van der Waals surface area contributed by atoms with Crippen LogP contribution in [0.2, 0.25) is 0 Å². The van der Waals surface area contributed by atoms with E-state index in [2.05, 4.69) is 20.7 Å². The summed E-state index contributed by atoms with van der Waals surface area (Å²) >= 11 is 0. The first kappa shape index (κ1) is 10.6. The molecule has 0 unspecified atom stereocenters. The topological polar surface area (TPSA) is 90.9 Å². The van der Waals surface area contributed by atoms with Gasteiger partial charge in [0.05, 0.1) is 6.20 Å².